The van der Waals surface area contributed by atoms with Gasteiger partial charge in [-0.2, -0.15) is 13.2 Å². The summed E-state index contributed by atoms with van der Waals surface area (Å²) >= 11 is 6.29. The van der Waals surface area contributed by atoms with E-state index in [0.29, 0.717) is 10.0 Å². The number of rotatable bonds is 2. The Labute approximate surface area is 136 Å². The van der Waals surface area contributed by atoms with Crippen molar-refractivity contribution in [1.29, 1.82) is 0 Å². The van der Waals surface area contributed by atoms with Gasteiger partial charge < -0.3 is 10.5 Å². The molecule has 0 aliphatic carbocycles. The molecule has 0 fully saturated rings. The summed E-state index contributed by atoms with van der Waals surface area (Å²) in [7, 11) is 0. The molecule has 0 aliphatic rings. The number of alkyl halides is 3. The van der Waals surface area contributed by atoms with E-state index in [4.69, 9.17) is 10.5 Å². The first-order chi connectivity index (χ1) is 9.68. The molecular formula is C14H10Br2F3NO. The second kappa shape index (κ2) is 5.88. The highest BCUT2D eigenvalue weighted by molar-refractivity contribution is 9.10. The Hall–Kier alpha value is -1.21. The third kappa shape index (κ3) is 3.71. The van der Waals surface area contributed by atoms with Crippen molar-refractivity contribution >= 4 is 37.5 Å². The molecule has 0 radical (unpaired) electrons. The number of anilines is 1. The highest BCUT2D eigenvalue weighted by Crippen LogP contribution is 2.41. The number of hydrogen-bond acceptors (Lipinski definition) is 2. The van der Waals surface area contributed by atoms with E-state index in [-0.39, 0.29) is 17.2 Å². The van der Waals surface area contributed by atoms with Crippen LogP contribution in [0.15, 0.2) is 39.3 Å². The third-order valence-electron chi connectivity index (χ3n) is 2.73. The topological polar surface area (TPSA) is 35.2 Å². The maximum absolute atomic E-state index is 13.1. The third-order valence-corrected chi connectivity index (χ3v) is 3.68. The Balaban J connectivity index is 2.50. The van der Waals surface area contributed by atoms with Crippen LogP contribution in [-0.2, 0) is 6.18 Å². The SMILES string of the molecule is Cc1cc(Br)cc(N)c1Oc1ccc(Br)cc1C(F)(F)F. The average molecular weight is 425 g/mol. The monoisotopic (exact) mass is 423 g/mol. The van der Waals surface area contributed by atoms with E-state index in [1.807, 2.05) is 0 Å². The molecule has 0 saturated heterocycles. The minimum absolute atomic E-state index is 0.214. The van der Waals surface area contributed by atoms with Gasteiger partial charge in [-0.15, -0.1) is 0 Å². The van der Waals surface area contributed by atoms with Crippen molar-refractivity contribution in [2.45, 2.75) is 13.1 Å². The molecule has 2 N–H and O–H groups in total. The van der Waals surface area contributed by atoms with Gasteiger partial charge in [-0.3, -0.25) is 0 Å². The van der Waals surface area contributed by atoms with Crippen LogP contribution in [0.2, 0.25) is 0 Å². The molecule has 0 saturated carbocycles. The second-order valence-corrected chi connectivity index (χ2v) is 6.21. The number of halogens is 5. The van der Waals surface area contributed by atoms with Crippen molar-refractivity contribution in [3.05, 3.63) is 50.4 Å². The number of nitrogens with two attached hydrogens (primary N) is 1. The number of benzene rings is 2. The lowest BCUT2D eigenvalue weighted by Gasteiger charge is -2.16. The Bertz CT molecular complexity index is 663. The molecule has 112 valence electrons. The van der Waals surface area contributed by atoms with Crippen molar-refractivity contribution in [3.8, 4) is 11.5 Å². The van der Waals surface area contributed by atoms with Crippen LogP contribution in [0, 0.1) is 6.92 Å². The zero-order valence-electron chi connectivity index (χ0n) is 10.8. The molecule has 0 bridgehead atoms. The summed E-state index contributed by atoms with van der Waals surface area (Å²) in [5, 5.41) is 0. The summed E-state index contributed by atoms with van der Waals surface area (Å²) in [5.41, 5.74) is 5.85. The maximum Gasteiger partial charge on any atom is 0.420 e. The van der Waals surface area contributed by atoms with Crippen molar-refractivity contribution in [2.24, 2.45) is 0 Å². The van der Waals surface area contributed by atoms with Crippen LogP contribution in [0.1, 0.15) is 11.1 Å². The van der Waals surface area contributed by atoms with Gasteiger partial charge in [-0.25, -0.2) is 0 Å². The summed E-state index contributed by atoms with van der Waals surface area (Å²) in [5.74, 6) is -0.0751. The zero-order valence-corrected chi connectivity index (χ0v) is 13.9. The summed E-state index contributed by atoms with van der Waals surface area (Å²) in [6, 6.07) is 7.01. The largest absolute Gasteiger partial charge is 0.454 e. The Kier molecular flexibility index (Phi) is 4.53. The molecule has 0 unspecified atom stereocenters. The Morgan fingerprint density at radius 1 is 1.05 bits per heavy atom. The van der Waals surface area contributed by atoms with Crippen LogP contribution in [0.25, 0.3) is 0 Å². The Morgan fingerprint density at radius 2 is 1.71 bits per heavy atom. The molecule has 0 spiro atoms. The standard InChI is InChI=1S/C14H10Br2F3NO/c1-7-4-9(16)6-11(20)13(7)21-12-3-2-8(15)5-10(12)14(17,18)19/h2-6H,20H2,1H3. The van der Waals surface area contributed by atoms with Crippen molar-refractivity contribution in [3.63, 3.8) is 0 Å². The number of ether oxygens (including phenoxy) is 1. The van der Waals surface area contributed by atoms with Crippen LogP contribution >= 0.6 is 31.9 Å². The van der Waals surface area contributed by atoms with Gasteiger partial charge in [0.05, 0.1) is 11.3 Å². The molecule has 2 aromatic rings. The summed E-state index contributed by atoms with van der Waals surface area (Å²) < 4.78 is 45.6. The van der Waals surface area contributed by atoms with Gasteiger partial charge in [0.2, 0.25) is 0 Å². The second-order valence-electron chi connectivity index (χ2n) is 4.38. The number of nitrogen functional groups attached to an aromatic ring is 1. The summed E-state index contributed by atoms with van der Waals surface area (Å²) in [6.07, 6.45) is -4.52. The van der Waals surface area contributed by atoms with E-state index in [0.717, 1.165) is 10.5 Å². The van der Waals surface area contributed by atoms with Gasteiger partial charge in [0, 0.05) is 8.95 Å². The molecule has 7 heteroatoms. The molecule has 2 aromatic carbocycles. The molecule has 0 aliphatic heterocycles. The predicted molar refractivity (Wildman–Crippen MR) is 82.5 cm³/mol. The van der Waals surface area contributed by atoms with Crippen LogP contribution in [0.3, 0.4) is 0 Å². The van der Waals surface area contributed by atoms with E-state index in [1.165, 1.54) is 12.1 Å². The fraction of sp³-hybridized carbons (Fsp3) is 0.143. The van der Waals surface area contributed by atoms with E-state index in [2.05, 4.69) is 31.9 Å². The molecule has 0 amide bonds. The van der Waals surface area contributed by atoms with Crippen LogP contribution in [0.4, 0.5) is 18.9 Å². The normalized spacial score (nSPS) is 11.5. The first kappa shape index (κ1) is 16.2. The highest BCUT2D eigenvalue weighted by atomic mass is 79.9. The molecule has 2 rings (SSSR count). The molecular weight excluding hydrogens is 415 g/mol. The van der Waals surface area contributed by atoms with E-state index >= 15 is 0 Å². The minimum atomic E-state index is -4.52. The summed E-state index contributed by atoms with van der Waals surface area (Å²) in [6.45, 7) is 1.71. The number of aryl methyl sites for hydroxylation is 1. The Morgan fingerprint density at radius 3 is 2.29 bits per heavy atom. The average Bonchev–Trinajstić information content (AvgIpc) is 2.34. The highest BCUT2D eigenvalue weighted by Gasteiger charge is 2.35. The van der Waals surface area contributed by atoms with Crippen molar-refractivity contribution in [2.75, 3.05) is 5.73 Å². The fourth-order valence-corrected chi connectivity index (χ4v) is 2.77. The fourth-order valence-electron chi connectivity index (χ4n) is 1.82. The van der Waals surface area contributed by atoms with E-state index in [9.17, 15) is 13.2 Å². The smallest absolute Gasteiger partial charge is 0.420 e. The van der Waals surface area contributed by atoms with E-state index in [1.54, 1.807) is 19.1 Å². The lowest BCUT2D eigenvalue weighted by Crippen LogP contribution is -2.08. The molecule has 0 aromatic heterocycles. The first-order valence-corrected chi connectivity index (χ1v) is 7.37. The minimum Gasteiger partial charge on any atom is -0.454 e. The van der Waals surface area contributed by atoms with Gasteiger partial charge in [0.1, 0.15) is 5.75 Å². The zero-order chi connectivity index (χ0) is 15.8. The summed E-state index contributed by atoms with van der Waals surface area (Å²) in [4.78, 5) is 0. The maximum atomic E-state index is 13.1. The van der Waals surface area contributed by atoms with Gasteiger partial charge in [-0.1, -0.05) is 31.9 Å². The van der Waals surface area contributed by atoms with Crippen LogP contribution < -0.4 is 10.5 Å². The van der Waals surface area contributed by atoms with Gasteiger partial charge in [-0.05, 0) is 42.8 Å². The lowest BCUT2D eigenvalue weighted by atomic mass is 10.1. The van der Waals surface area contributed by atoms with E-state index < -0.39 is 11.7 Å². The van der Waals surface area contributed by atoms with Gasteiger partial charge >= 0.3 is 6.18 Å². The lowest BCUT2D eigenvalue weighted by molar-refractivity contribution is -0.138. The van der Waals surface area contributed by atoms with Crippen molar-refractivity contribution in [1.82, 2.24) is 0 Å². The predicted octanol–water partition coefficient (Wildman–Crippen LogP) is 5.91. The quantitative estimate of drug-likeness (QED) is 0.608. The first-order valence-electron chi connectivity index (χ1n) is 5.78. The molecule has 0 heterocycles. The van der Waals surface area contributed by atoms with Crippen LogP contribution in [0.5, 0.6) is 11.5 Å². The molecule has 0 atom stereocenters. The van der Waals surface area contributed by atoms with Crippen LogP contribution in [-0.4, -0.2) is 0 Å². The van der Waals surface area contributed by atoms with Crippen molar-refractivity contribution < 1.29 is 17.9 Å². The van der Waals surface area contributed by atoms with Gasteiger partial charge in [0.25, 0.3) is 0 Å². The molecule has 2 nitrogen and oxygen atoms in total. The van der Waals surface area contributed by atoms with Gasteiger partial charge in [0.15, 0.2) is 5.75 Å². The number of hydrogen-bond donors (Lipinski definition) is 1. The molecule has 21 heavy (non-hydrogen) atoms.